The van der Waals surface area contributed by atoms with E-state index in [2.05, 4.69) is 92.2 Å². The first-order chi connectivity index (χ1) is 15.4. The molecule has 0 saturated heterocycles. The SMILES string of the molecule is CC(C)(C)OCCCCCC[SiH2][Zr]([CH3])([c]1cccc2c1Cc1ccccc1-2)[CH]1C=CC=C1.[Cl-].[Cl-]. The first-order valence-electron chi connectivity index (χ1n) is 12.6. The van der Waals surface area contributed by atoms with Crippen molar-refractivity contribution in [2.24, 2.45) is 0 Å². The number of allylic oxidation sites excluding steroid dienone is 4. The van der Waals surface area contributed by atoms with Crippen LogP contribution in [-0.2, 0) is 30.6 Å². The van der Waals surface area contributed by atoms with Gasteiger partial charge in [0.1, 0.15) is 0 Å². The fourth-order valence-electron chi connectivity index (χ4n) is 5.53. The van der Waals surface area contributed by atoms with Gasteiger partial charge in [0.15, 0.2) is 0 Å². The van der Waals surface area contributed by atoms with Gasteiger partial charge in [-0.15, -0.1) is 0 Å². The summed E-state index contributed by atoms with van der Waals surface area (Å²) in [6.45, 7) is 7.27. The Kier molecular flexibility index (Phi) is 11.6. The van der Waals surface area contributed by atoms with Crippen LogP contribution in [0.1, 0.15) is 57.6 Å². The van der Waals surface area contributed by atoms with Crippen molar-refractivity contribution < 1.29 is 49.0 Å². The normalized spacial score (nSPS) is 16.2. The summed E-state index contributed by atoms with van der Waals surface area (Å²) in [4.78, 5) is 0. The molecule has 0 aromatic heterocycles. The van der Waals surface area contributed by atoms with E-state index in [0.717, 1.165) is 16.7 Å². The third-order valence-electron chi connectivity index (χ3n) is 7.33. The molecular weight excluding hydrogens is 555 g/mol. The number of unbranched alkanes of at least 4 members (excludes halogenated alkanes) is 3. The molecule has 186 valence electrons. The van der Waals surface area contributed by atoms with Gasteiger partial charge in [-0.25, -0.2) is 0 Å². The van der Waals surface area contributed by atoms with E-state index in [1.165, 1.54) is 48.4 Å². The smallest absolute Gasteiger partial charge is 1.00 e. The molecule has 0 heterocycles. The van der Waals surface area contributed by atoms with E-state index >= 15 is 0 Å². The average Bonchev–Trinajstić information content (AvgIpc) is 3.43. The zero-order chi connectivity index (χ0) is 22.6. The van der Waals surface area contributed by atoms with Crippen LogP contribution < -0.4 is 28.1 Å². The Hall–Kier alpha value is -0.440. The minimum atomic E-state index is -2.49. The van der Waals surface area contributed by atoms with Gasteiger partial charge in [0.25, 0.3) is 0 Å². The van der Waals surface area contributed by atoms with Gasteiger partial charge >= 0.3 is 202 Å². The van der Waals surface area contributed by atoms with E-state index < -0.39 is 19.4 Å². The van der Waals surface area contributed by atoms with Crippen molar-refractivity contribution in [3.63, 3.8) is 0 Å². The fraction of sp³-hybridized carbons (Fsp3) is 0.448. The molecule has 0 amide bonds. The summed E-state index contributed by atoms with van der Waals surface area (Å²) in [7, 11) is 0. The second-order valence-electron chi connectivity index (χ2n) is 10.9. The number of halogens is 2. The van der Waals surface area contributed by atoms with Crippen LogP contribution in [0, 0.1) is 0 Å². The zero-order valence-corrected chi connectivity index (χ0v) is 26.6. The van der Waals surface area contributed by atoms with Crippen LogP contribution in [0.3, 0.4) is 0 Å². The van der Waals surface area contributed by atoms with Gasteiger partial charge in [-0.05, 0) is 0 Å². The number of hydrogen-bond acceptors (Lipinski definition) is 1. The molecule has 0 radical (unpaired) electrons. The molecule has 2 aliphatic carbocycles. The van der Waals surface area contributed by atoms with Crippen LogP contribution in [0.15, 0.2) is 66.8 Å². The van der Waals surface area contributed by atoms with Gasteiger partial charge in [0, 0.05) is 0 Å². The molecule has 0 saturated carbocycles. The van der Waals surface area contributed by atoms with Crippen LogP contribution in [0.25, 0.3) is 11.1 Å². The number of fused-ring (bicyclic) bond motifs is 3. The molecule has 2 aromatic carbocycles. The van der Waals surface area contributed by atoms with E-state index in [9.17, 15) is 0 Å². The summed E-state index contributed by atoms with van der Waals surface area (Å²) in [5, 5.41) is 0. The molecule has 0 bridgehead atoms. The Bertz CT molecular complexity index is 986. The van der Waals surface area contributed by atoms with Crippen molar-refractivity contribution in [1.29, 1.82) is 0 Å². The maximum Gasteiger partial charge on any atom is -1.00 e. The largest absolute Gasteiger partial charge is 1.00 e. The molecule has 1 unspecified atom stereocenters. The molecule has 5 heteroatoms. The molecule has 2 aromatic rings. The van der Waals surface area contributed by atoms with Crippen molar-refractivity contribution in [1.82, 2.24) is 0 Å². The molecule has 0 spiro atoms. The summed E-state index contributed by atoms with van der Waals surface area (Å²) >= 11 is -2.49. The van der Waals surface area contributed by atoms with Gasteiger partial charge in [0.2, 0.25) is 0 Å². The molecular formula is C29H40Cl2OSiZr-2. The van der Waals surface area contributed by atoms with Crippen LogP contribution in [0.2, 0.25) is 14.3 Å². The molecule has 34 heavy (non-hydrogen) atoms. The molecule has 0 N–H and O–H groups in total. The second-order valence-corrected chi connectivity index (χ2v) is 34.4. The molecule has 4 rings (SSSR count). The zero-order valence-electron chi connectivity index (χ0n) is 21.2. The number of ether oxygens (including phenoxy) is 1. The van der Waals surface area contributed by atoms with Gasteiger partial charge < -0.3 is 24.8 Å². The molecule has 1 nitrogen and oxygen atoms in total. The number of benzene rings is 2. The molecule has 0 fully saturated rings. The Morgan fingerprint density at radius 1 is 0.882 bits per heavy atom. The number of hydrogen-bond donors (Lipinski definition) is 0. The molecule has 0 aliphatic heterocycles. The maximum absolute atomic E-state index is 5.89. The van der Waals surface area contributed by atoms with Crippen LogP contribution in [0.4, 0.5) is 0 Å². The third-order valence-corrected chi connectivity index (χ3v) is 33.3. The monoisotopic (exact) mass is 592 g/mol. The van der Waals surface area contributed by atoms with E-state index in [-0.39, 0.29) is 37.1 Å². The number of rotatable bonds is 10. The third kappa shape index (κ3) is 7.07. The van der Waals surface area contributed by atoms with Crippen LogP contribution in [0.5, 0.6) is 0 Å². The summed E-state index contributed by atoms with van der Waals surface area (Å²) < 4.78 is 11.3. The van der Waals surface area contributed by atoms with Crippen molar-refractivity contribution in [2.75, 3.05) is 6.61 Å². The maximum atomic E-state index is 5.89. The van der Waals surface area contributed by atoms with Gasteiger partial charge in [0.05, 0.1) is 0 Å². The van der Waals surface area contributed by atoms with E-state index in [1.807, 2.05) is 3.27 Å². The van der Waals surface area contributed by atoms with Crippen LogP contribution >= 0.6 is 0 Å². The fourth-order valence-corrected chi connectivity index (χ4v) is 29.7. The van der Waals surface area contributed by atoms with Crippen molar-refractivity contribution in [3.8, 4) is 11.1 Å². The summed E-state index contributed by atoms with van der Waals surface area (Å²) in [6.07, 6.45) is 16.1. The average molecular weight is 595 g/mol. The molecule has 1 atom stereocenters. The van der Waals surface area contributed by atoms with Crippen molar-refractivity contribution in [2.45, 2.75) is 72.8 Å². The minimum Gasteiger partial charge on any atom is -1.00 e. The summed E-state index contributed by atoms with van der Waals surface area (Å²) in [5.74, 6) is 0. The first kappa shape index (κ1) is 29.8. The van der Waals surface area contributed by atoms with E-state index in [1.54, 1.807) is 5.56 Å². The predicted octanol–water partition coefficient (Wildman–Crippen LogP) is 0.885. The van der Waals surface area contributed by atoms with E-state index in [4.69, 9.17) is 4.74 Å². The van der Waals surface area contributed by atoms with Gasteiger partial charge in [-0.2, -0.15) is 0 Å². The second kappa shape index (κ2) is 13.2. The predicted molar refractivity (Wildman–Crippen MR) is 140 cm³/mol. The molecule has 2 aliphatic rings. The van der Waals surface area contributed by atoms with E-state index in [0.29, 0.717) is 0 Å². The Balaban J connectivity index is 0.00000204. The van der Waals surface area contributed by atoms with Crippen LogP contribution in [-0.4, -0.2) is 18.9 Å². The van der Waals surface area contributed by atoms with Crippen molar-refractivity contribution >= 4 is 9.92 Å². The summed E-state index contributed by atoms with van der Waals surface area (Å²) in [6, 6.07) is 17.9. The van der Waals surface area contributed by atoms with Gasteiger partial charge in [-0.1, -0.05) is 0 Å². The first-order valence-corrected chi connectivity index (χ1v) is 24.6. The van der Waals surface area contributed by atoms with Gasteiger partial charge in [-0.3, -0.25) is 0 Å². The minimum absolute atomic E-state index is 0. The topological polar surface area (TPSA) is 9.23 Å². The van der Waals surface area contributed by atoms with Crippen molar-refractivity contribution in [3.05, 3.63) is 77.9 Å². The summed E-state index contributed by atoms with van der Waals surface area (Å²) in [5.41, 5.74) is 6.23. The Morgan fingerprint density at radius 2 is 1.56 bits per heavy atom. The Labute approximate surface area is 225 Å². The quantitative estimate of drug-likeness (QED) is 0.250. The Morgan fingerprint density at radius 3 is 2.29 bits per heavy atom. The standard InChI is InChI=1S/C13H9.C10H23OSi.C5H5.CH3.2ClH.Zr/c1-3-7-12-10(5-1)9-11-6-2-4-8-13(11)12;1-10(2,3)11-8-6-4-5-7-9-12;1-2-4-5-3-1;;;;/h1-5,7-8H,9H2;4-9,12H2,1-3H3;1-5H;1H3;2*1H;/p-2.